The van der Waals surface area contributed by atoms with Crippen molar-refractivity contribution in [1.82, 2.24) is 20.5 Å². The van der Waals surface area contributed by atoms with Crippen LogP contribution in [0.2, 0.25) is 0 Å². The van der Waals surface area contributed by atoms with E-state index in [1.54, 1.807) is 6.92 Å². The van der Waals surface area contributed by atoms with Crippen LogP contribution in [-0.4, -0.2) is 60.7 Å². The number of aryl methyl sites for hydroxylation is 1. The van der Waals surface area contributed by atoms with E-state index in [1.165, 1.54) is 4.90 Å². The van der Waals surface area contributed by atoms with Crippen molar-refractivity contribution in [2.75, 3.05) is 32.7 Å². The highest BCUT2D eigenvalue weighted by molar-refractivity contribution is 5.93. The van der Waals surface area contributed by atoms with Gasteiger partial charge in [0, 0.05) is 39.1 Å². The Hall–Kier alpha value is -1.03. The van der Waals surface area contributed by atoms with Gasteiger partial charge in [-0.25, -0.2) is 4.98 Å². The highest BCUT2D eigenvalue weighted by atomic mass is 35.5. The molecule has 1 unspecified atom stereocenters. The van der Waals surface area contributed by atoms with Gasteiger partial charge in [-0.3, -0.25) is 9.69 Å². The van der Waals surface area contributed by atoms with E-state index < -0.39 is 24.7 Å². The van der Waals surface area contributed by atoms with Gasteiger partial charge in [0.25, 0.3) is 5.91 Å². The molecule has 2 heterocycles. The predicted octanol–water partition coefficient (Wildman–Crippen LogP) is 1.65. The number of hydrogen-bond acceptors (Lipinski definition) is 5. The van der Waals surface area contributed by atoms with E-state index in [-0.39, 0.29) is 30.5 Å². The molecule has 1 aliphatic rings. The minimum Gasteiger partial charge on any atom is -0.448 e. The first-order valence-electron chi connectivity index (χ1n) is 7.15. The van der Waals surface area contributed by atoms with Crippen LogP contribution >= 0.6 is 24.8 Å². The van der Waals surface area contributed by atoms with Gasteiger partial charge in [0.2, 0.25) is 0 Å². The van der Waals surface area contributed by atoms with Crippen LogP contribution in [0, 0.1) is 0 Å². The molecule has 2 N–H and O–H groups in total. The average molecular weight is 393 g/mol. The number of alkyl halides is 3. The van der Waals surface area contributed by atoms with Crippen LogP contribution in [-0.2, 0) is 6.42 Å². The Morgan fingerprint density at radius 3 is 2.58 bits per heavy atom. The summed E-state index contributed by atoms with van der Waals surface area (Å²) in [7, 11) is 0. The molecule has 1 aliphatic heterocycles. The summed E-state index contributed by atoms with van der Waals surface area (Å²) in [5.74, 6) is -0.279. The molecule has 0 saturated carbocycles. The van der Waals surface area contributed by atoms with Gasteiger partial charge in [-0.2, -0.15) is 13.2 Å². The minimum absolute atomic E-state index is 0. The van der Waals surface area contributed by atoms with Crippen LogP contribution in [0.1, 0.15) is 23.2 Å². The van der Waals surface area contributed by atoms with Gasteiger partial charge in [0.1, 0.15) is 11.8 Å². The Bertz CT molecular complexity index is 508. The summed E-state index contributed by atoms with van der Waals surface area (Å²) in [6.45, 7) is 2.87. The molecule has 1 amide bonds. The third kappa shape index (κ3) is 5.80. The molecule has 2 rings (SSSR count). The van der Waals surface area contributed by atoms with Gasteiger partial charge in [-0.05, 0) is 0 Å². The molecule has 24 heavy (non-hydrogen) atoms. The third-order valence-electron chi connectivity index (χ3n) is 3.60. The van der Waals surface area contributed by atoms with Crippen molar-refractivity contribution in [3.8, 4) is 0 Å². The Labute approximate surface area is 150 Å². The summed E-state index contributed by atoms with van der Waals surface area (Å²) in [5.41, 5.74) is 0.0451. The first-order valence-corrected chi connectivity index (χ1v) is 7.15. The average Bonchev–Trinajstić information content (AvgIpc) is 2.95. The van der Waals surface area contributed by atoms with Crippen molar-refractivity contribution in [3.05, 3.63) is 17.8 Å². The topological polar surface area (TPSA) is 70.4 Å². The van der Waals surface area contributed by atoms with Gasteiger partial charge in [0.05, 0.1) is 0 Å². The molecule has 0 radical (unpaired) electrons. The number of piperazine rings is 1. The Kier molecular flexibility index (Phi) is 9.64. The van der Waals surface area contributed by atoms with E-state index in [0.29, 0.717) is 38.4 Å². The highest BCUT2D eigenvalue weighted by Gasteiger charge is 2.43. The molecule has 1 saturated heterocycles. The number of hydrogen-bond donors (Lipinski definition) is 2. The number of carbonyl (C=O) groups is 1. The highest BCUT2D eigenvalue weighted by Crippen LogP contribution is 2.24. The van der Waals surface area contributed by atoms with E-state index in [4.69, 9.17) is 4.42 Å². The lowest BCUT2D eigenvalue weighted by atomic mass is 10.2. The fourth-order valence-corrected chi connectivity index (χ4v) is 2.43. The zero-order valence-corrected chi connectivity index (χ0v) is 14.7. The van der Waals surface area contributed by atoms with Crippen molar-refractivity contribution in [3.63, 3.8) is 0 Å². The molecule has 6 nitrogen and oxygen atoms in total. The van der Waals surface area contributed by atoms with Crippen LogP contribution in [0.3, 0.4) is 0 Å². The molecule has 1 aromatic rings. The maximum absolute atomic E-state index is 13.2. The molecule has 1 aromatic heterocycles. The molecular formula is C13H21Cl2F3N4O2. The Morgan fingerprint density at radius 1 is 1.42 bits per heavy atom. The maximum atomic E-state index is 13.2. The molecular weight excluding hydrogens is 372 g/mol. The van der Waals surface area contributed by atoms with Gasteiger partial charge in [0.15, 0.2) is 12.1 Å². The van der Waals surface area contributed by atoms with Gasteiger partial charge in [-0.15, -0.1) is 24.8 Å². The number of amides is 1. The van der Waals surface area contributed by atoms with Crippen molar-refractivity contribution in [2.45, 2.75) is 25.6 Å². The third-order valence-corrected chi connectivity index (χ3v) is 3.60. The lowest BCUT2D eigenvalue weighted by Gasteiger charge is -2.35. The summed E-state index contributed by atoms with van der Waals surface area (Å²) < 4.78 is 44.6. The van der Waals surface area contributed by atoms with Gasteiger partial charge < -0.3 is 15.1 Å². The van der Waals surface area contributed by atoms with Crippen molar-refractivity contribution < 1.29 is 22.4 Å². The van der Waals surface area contributed by atoms with E-state index >= 15 is 0 Å². The summed E-state index contributed by atoms with van der Waals surface area (Å²) in [5, 5.41) is 5.32. The Morgan fingerprint density at radius 2 is 2.04 bits per heavy atom. The Balaban J connectivity index is 0.00000264. The molecule has 1 fully saturated rings. The number of nitrogens with one attached hydrogen (secondary N) is 2. The maximum Gasteiger partial charge on any atom is 0.405 e. The number of carbonyl (C=O) groups excluding carboxylic acids is 1. The lowest BCUT2D eigenvalue weighted by molar-refractivity contribution is -0.183. The van der Waals surface area contributed by atoms with E-state index in [0.717, 1.165) is 6.39 Å². The summed E-state index contributed by atoms with van der Waals surface area (Å²) in [6, 6.07) is -1.70. The molecule has 0 bridgehead atoms. The first kappa shape index (κ1) is 23.0. The molecule has 140 valence electrons. The molecule has 1 atom stereocenters. The number of oxazole rings is 1. The van der Waals surface area contributed by atoms with Crippen LogP contribution in [0.5, 0.6) is 0 Å². The van der Waals surface area contributed by atoms with Crippen molar-refractivity contribution >= 4 is 30.7 Å². The quantitative estimate of drug-likeness (QED) is 0.796. The van der Waals surface area contributed by atoms with Crippen molar-refractivity contribution in [2.24, 2.45) is 0 Å². The zero-order valence-electron chi connectivity index (χ0n) is 13.1. The largest absolute Gasteiger partial charge is 0.448 e. The smallest absolute Gasteiger partial charge is 0.405 e. The summed E-state index contributed by atoms with van der Waals surface area (Å²) in [6.07, 6.45) is -2.84. The normalized spacial score (nSPS) is 16.7. The number of rotatable bonds is 5. The lowest BCUT2D eigenvalue weighted by Crippen LogP contribution is -2.57. The van der Waals surface area contributed by atoms with Crippen LogP contribution in [0.15, 0.2) is 10.8 Å². The standard InChI is InChI=1S/C13H19F3N4O2.2ClH/c1-2-9-11(19-8-22-9)12(21)18-7-10(13(14,15)16)20-5-3-17-4-6-20;;/h8,10,17H,2-7H2,1H3,(H,18,21);2*1H. The predicted molar refractivity (Wildman–Crippen MR) is 87.0 cm³/mol. The fraction of sp³-hybridized carbons (Fsp3) is 0.692. The van der Waals surface area contributed by atoms with Crippen LogP contribution in [0.25, 0.3) is 0 Å². The second kappa shape index (κ2) is 10.1. The SMILES string of the molecule is CCc1ocnc1C(=O)NCC(N1CCNCC1)C(F)(F)F.Cl.Cl. The summed E-state index contributed by atoms with van der Waals surface area (Å²) >= 11 is 0. The molecule has 11 heteroatoms. The van der Waals surface area contributed by atoms with Crippen LogP contribution < -0.4 is 10.6 Å². The number of halogens is 5. The van der Waals surface area contributed by atoms with Crippen LogP contribution in [0.4, 0.5) is 13.2 Å². The second-order valence-electron chi connectivity index (χ2n) is 5.03. The second-order valence-corrected chi connectivity index (χ2v) is 5.03. The van der Waals surface area contributed by atoms with Gasteiger partial charge >= 0.3 is 6.18 Å². The van der Waals surface area contributed by atoms with Crippen molar-refractivity contribution in [1.29, 1.82) is 0 Å². The molecule has 0 aliphatic carbocycles. The van der Waals surface area contributed by atoms with Gasteiger partial charge in [-0.1, -0.05) is 6.92 Å². The molecule has 0 spiro atoms. The van der Waals surface area contributed by atoms with E-state index in [1.807, 2.05) is 0 Å². The van der Waals surface area contributed by atoms with E-state index in [2.05, 4.69) is 15.6 Å². The monoisotopic (exact) mass is 392 g/mol. The molecule has 0 aromatic carbocycles. The first-order chi connectivity index (χ1) is 10.4. The van der Waals surface area contributed by atoms with E-state index in [9.17, 15) is 18.0 Å². The zero-order chi connectivity index (χ0) is 16.2. The number of aromatic nitrogens is 1. The minimum atomic E-state index is -4.40. The summed E-state index contributed by atoms with van der Waals surface area (Å²) in [4.78, 5) is 17.1. The fourth-order valence-electron chi connectivity index (χ4n) is 2.43. The number of nitrogens with zero attached hydrogens (tertiary/aromatic N) is 2.